The zero-order valence-corrected chi connectivity index (χ0v) is 25.7. The SMILES string of the molecule is CCCCCCCCCCCCCCCCCCN(C)C[C@@H](COP(=O)(O)OCC[N+](C)(C)C)OC. The van der Waals surface area contributed by atoms with Crippen LogP contribution in [0.25, 0.3) is 0 Å². The molecule has 0 saturated heterocycles. The van der Waals surface area contributed by atoms with Crippen LogP contribution in [0.4, 0.5) is 0 Å². The van der Waals surface area contributed by atoms with Gasteiger partial charge in [-0.3, -0.25) is 9.05 Å². The van der Waals surface area contributed by atoms with Crippen LogP contribution in [-0.2, 0) is 18.3 Å². The van der Waals surface area contributed by atoms with E-state index >= 15 is 0 Å². The van der Waals surface area contributed by atoms with E-state index in [9.17, 15) is 9.46 Å². The Balaban J connectivity index is 3.64. The Morgan fingerprint density at radius 2 is 1.22 bits per heavy atom. The quantitative estimate of drug-likeness (QED) is 0.0689. The van der Waals surface area contributed by atoms with E-state index < -0.39 is 7.82 Å². The summed E-state index contributed by atoms with van der Waals surface area (Å²) in [7, 11) is 5.63. The molecule has 0 bridgehead atoms. The minimum absolute atomic E-state index is 0.0396. The number of hydrogen-bond donors (Lipinski definition) is 1. The minimum Gasteiger partial charge on any atom is -0.378 e. The number of phosphoric acid groups is 1. The fraction of sp³-hybridized carbons (Fsp3) is 1.00. The molecule has 8 heteroatoms. The summed E-state index contributed by atoms with van der Waals surface area (Å²) in [4.78, 5) is 12.1. The van der Waals surface area contributed by atoms with Crippen molar-refractivity contribution in [3.05, 3.63) is 0 Å². The van der Waals surface area contributed by atoms with E-state index in [2.05, 4.69) is 18.9 Å². The van der Waals surface area contributed by atoms with E-state index in [0.29, 0.717) is 17.6 Å². The number of quaternary nitrogens is 1. The third kappa shape index (κ3) is 25.6. The number of phosphoric ester groups is 1. The number of hydrogen-bond acceptors (Lipinski definition) is 5. The summed E-state index contributed by atoms with van der Waals surface area (Å²) in [6, 6.07) is 0. The largest absolute Gasteiger partial charge is 0.472 e. The summed E-state index contributed by atoms with van der Waals surface area (Å²) < 4.78 is 28.4. The number of methoxy groups -OCH3 is 1. The van der Waals surface area contributed by atoms with Crippen molar-refractivity contribution < 1.29 is 27.7 Å². The van der Waals surface area contributed by atoms with Gasteiger partial charge in [0.25, 0.3) is 0 Å². The van der Waals surface area contributed by atoms with Crippen LogP contribution in [0.15, 0.2) is 0 Å². The van der Waals surface area contributed by atoms with E-state index in [-0.39, 0.29) is 19.3 Å². The second-order valence-corrected chi connectivity index (χ2v) is 13.0. The molecule has 2 atom stereocenters. The Bertz CT molecular complexity index is 531. The molecular formula is C28H62N2O5P+. The fourth-order valence-electron chi connectivity index (χ4n) is 4.21. The van der Waals surface area contributed by atoms with E-state index in [0.717, 1.165) is 6.54 Å². The van der Waals surface area contributed by atoms with Gasteiger partial charge in [0.05, 0.1) is 33.9 Å². The van der Waals surface area contributed by atoms with Gasteiger partial charge < -0.3 is 19.0 Å². The normalized spacial score (nSPS) is 14.9. The molecule has 0 rings (SSSR count). The van der Waals surface area contributed by atoms with Crippen LogP contribution in [0.2, 0.25) is 0 Å². The van der Waals surface area contributed by atoms with Gasteiger partial charge in [0, 0.05) is 13.7 Å². The standard InChI is InChI=1S/C28H61N2O5P/c1-7-8-9-10-11-12-13-14-15-16-17-18-19-20-21-22-23-29(2)26-28(33-6)27-35-36(31,32)34-25-24-30(3,4)5/h28H,7-27H2,1-6H3/p+1/t28-/m0/s1. The Labute approximate surface area is 224 Å². The smallest absolute Gasteiger partial charge is 0.378 e. The van der Waals surface area contributed by atoms with Crippen LogP contribution in [0.5, 0.6) is 0 Å². The van der Waals surface area contributed by atoms with Crippen molar-refractivity contribution in [1.29, 1.82) is 0 Å². The average molecular weight is 538 g/mol. The molecule has 0 fully saturated rings. The Morgan fingerprint density at radius 1 is 0.778 bits per heavy atom. The molecule has 36 heavy (non-hydrogen) atoms. The second-order valence-electron chi connectivity index (χ2n) is 11.5. The summed E-state index contributed by atoms with van der Waals surface area (Å²) >= 11 is 0. The number of rotatable bonds is 27. The van der Waals surface area contributed by atoms with Crippen molar-refractivity contribution in [2.45, 2.75) is 116 Å². The highest BCUT2D eigenvalue weighted by atomic mass is 31.2. The van der Waals surface area contributed by atoms with Crippen molar-refractivity contribution in [1.82, 2.24) is 4.90 Å². The zero-order valence-electron chi connectivity index (χ0n) is 24.8. The van der Waals surface area contributed by atoms with Gasteiger partial charge in [-0.25, -0.2) is 4.57 Å². The summed E-state index contributed by atoms with van der Waals surface area (Å²) in [6.07, 6.45) is 21.7. The Hall–Kier alpha value is -0.0100. The van der Waals surface area contributed by atoms with E-state index in [1.165, 1.54) is 103 Å². The van der Waals surface area contributed by atoms with E-state index in [1.54, 1.807) is 7.11 Å². The molecule has 0 aromatic heterocycles. The molecule has 0 aromatic carbocycles. The first-order valence-electron chi connectivity index (χ1n) is 14.7. The van der Waals surface area contributed by atoms with Crippen molar-refractivity contribution in [3.63, 3.8) is 0 Å². The van der Waals surface area contributed by atoms with Gasteiger partial charge in [0.2, 0.25) is 0 Å². The Kier molecular flexibility index (Phi) is 22.9. The second kappa shape index (κ2) is 22.9. The van der Waals surface area contributed by atoms with Gasteiger partial charge in [-0.2, -0.15) is 0 Å². The maximum Gasteiger partial charge on any atom is 0.472 e. The molecule has 0 radical (unpaired) electrons. The van der Waals surface area contributed by atoms with Crippen molar-refractivity contribution in [2.75, 3.05) is 68.1 Å². The molecule has 0 aliphatic carbocycles. The summed E-state index contributed by atoms with van der Waals surface area (Å²) in [6.45, 7) is 4.78. The Morgan fingerprint density at radius 3 is 1.64 bits per heavy atom. The summed E-state index contributed by atoms with van der Waals surface area (Å²) in [5, 5.41) is 0. The van der Waals surface area contributed by atoms with Gasteiger partial charge in [-0.15, -0.1) is 0 Å². The number of likely N-dealkylation sites (N-methyl/N-ethyl adjacent to an activating group) is 2. The highest BCUT2D eigenvalue weighted by Crippen LogP contribution is 2.43. The average Bonchev–Trinajstić information content (AvgIpc) is 2.80. The van der Waals surface area contributed by atoms with Gasteiger partial charge >= 0.3 is 7.82 Å². The highest BCUT2D eigenvalue weighted by Gasteiger charge is 2.25. The van der Waals surface area contributed by atoms with Crippen molar-refractivity contribution in [3.8, 4) is 0 Å². The first-order valence-corrected chi connectivity index (χ1v) is 16.2. The third-order valence-corrected chi connectivity index (χ3v) is 7.67. The molecule has 1 N–H and O–H groups in total. The maximum absolute atomic E-state index is 12.1. The topological polar surface area (TPSA) is 68.2 Å². The summed E-state index contributed by atoms with van der Waals surface area (Å²) in [5.74, 6) is 0. The summed E-state index contributed by atoms with van der Waals surface area (Å²) in [5.41, 5.74) is 0. The molecule has 0 aromatic rings. The monoisotopic (exact) mass is 537 g/mol. The molecule has 0 saturated carbocycles. The first-order chi connectivity index (χ1) is 17.1. The van der Waals surface area contributed by atoms with Gasteiger partial charge in [-0.1, -0.05) is 103 Å². The van der Waals surface area contributed by atoms with Crippen molar-refractivity contribution >= 4 is 7.82 Å². The number of nitrogens with zero attached hydrogens (tertiary/aromatic N) is 2. The van der Waals surface area contributed by atoms with Crippen molar-refractivity contribution in [2.24, 2.45) is 0 Å². The minimum atomic E-state index is -4.05. The first kappa shape index (κ1) is 36.0. The molecule has 0 amide bonds. The fourth-order valence-corrected chi connectivity index (χ4v) is 4.95. The molecule has 7 nitrogen and oxygen atoms in total. The van der Waals surface area contributed by atoms with E-state index in [4.69, 9.17) is 13.8 Å². The van der Waals surface area contributed by atoms with Gasteiger partial charge in [0.1, 0.15) is 13.2 Å². The molecule has 0 heterocycles. The van der Waals surface area contributed by atoms with Gasteiger partial charge in [-0.05, 0) is 20.0 Å². The van der Waals surface area contributed by atoms with Crippen LogP contribution in [0.1, 0.15) is 110 Å². The number of unbranched alkanes of at least 4 members (excludes halogenated alkanes) is 15. The maximum atomic E-state index is 12.1. The number of ether oxygens (including phenoxy) is 1. The van der Waals surface area contributed by atoms with Gasteiger partial charge in [0.15, 0.2) is 0 Å². The lowest BCUT2D eigenvalue weighted by molar-refractivity contribution is -0.870. The lowest BCUT2D eigenvalue weighted by Gasteiger charge is -2.25. The van der Waals surface area contributed by atoms with Crippen LogP contribution in [0, 0.1) is 0 Å². The lowest BCUT2D eigenvalue weighted by Crippen LogP contribution is -2.37. The van der Waals surface area contributed by atoms with E-state index in [1.807, 2.05) is 21.1 Å². The van der Waals surface area contributed by atoms with Crippen LogP contribution in [-0.4, -0.2) is 88.5 Å². The molecule has 1 unspecified atom stereocenters. The molecule has 0 aliphatic heterocycles. The molecule has 0 aliphatic rings. The van der Waals surface area contributed by atoms with Crippen LogP contribution >= 0.6 is 7.82 Å². The molecule has 218 valence electrons. The molecular weight excluding hydrogens is 475 g/mol. The molecule has 0 spiro atoms. The lowest BCUT2D eigenvalue weighted by atomic mass is 10.0. The predicted octanol–water partition coefficient (Wildman–Crippen LogP) is 7.03. The predicted molar refractivity (Wildman–Crippen MR) is 152 cm³/mol. The zero-order chi connectivity index (χ0) is 27.1. The highest BCUT2D eigenvalue weighted by molar-refractivity contribution is 7.47. The van der Waals surface area contributed by atoms with Crippen LogP contribution in [0.3, 0.4) is 0 Å². The van der Waals surface area contributed by atoms with Crippen LogP contribution < -0.4 is 0 Å². The third-order valence-electron chi connectivity index (χ3n) is 6.68.